The van der Waals surface area contributed by atoms with Gasteiger partial charge in [0.2, 0.25) is 5.91 Å². The average molecular weight is 282 g/mol. The van der Waals surface area contributed by atoms with Gasteiger partial charge in [-0.2, -0.15) is 0 Å². The minimum absolute atomic E-state index is 0.0313. The summed E-state index contributed by atoms with van der Waals surface area (Å²) in [5.74, 6) is -0.908. The number of nitrogens with zero attached hydrogens (tertiary/aromatic N) is 2. The van der Waals surface area contributed by atoms with Crippen LogP contribution in [0.3, 0.4) is 0 Å². The van der Waals surface area contributed by atoms with Crippen LogP contribution >= 0.6 is 0 Å². The lowest BCUT2D eigenvalue weighted by Gasteiger charge is -2.45. The van der Waals surface area contributed by atoms with Gasteiger partial charge in [0.05, 0.1) is 5.54 Å². The lowest BCUT2D eigenvalue weighted by molar-refractivity contribution is -0.154. The fourth-order valence-electron chi connectivity index (χ4n) is 3.67. The molecule has 0 aromatic rings. The van der Waals surface area contributed by atoms with Gasteiger partial charge < -0.3 is 10.0 Å². The first-order chi connectivity index (χ1) is 9.35. The van der Waals surface area contributed by atoms with E-state index in [1.54, 1.807) is 4.90 Å². The predicted octanol–water partition coefficient (Wildman–Crippen LogP) is 1.72. The van der Waals surface area contributed by atoms with E-state index in [0.717, 1.165) is 25.8 Å². The van der Waals surface area contributed by atoms with Gasteiger partial charge in [0.15, 0.2) is 0 Å². The summed E-state index contributed by atoms with van der Waals surface area (Å²) in [4.78, 5) is 27.9. The third-order valence-corrected chi connectivity index (χ3v) is 4.84. The summed E-state index contributed by atoms with van der Waals surface area (Å²) in [5.41, 5.74) is -0.613. The highest BCUT2D eigenvalue weighted by molar-refractivity contribution is 5.90. The molecule has 1 N–H and O–H groups in total. The van der Waals surface area contributed by atoms with Crippen molar-refractivity contribution in [2.24, 2.45) is 0 Å². The highest BCUT2D eigenvalue weighted by atomic mass is 16.4. The van der Waals surface area contributed by atoms with Gasteiger partial charge in [-0.1, -0.05) is 6.42 Å². The molecule has 1 amide bonds. The van der Waals surface area contributed by atoms with Crippen LogP contribution in [0.1, 0.15) is 52.9 Å². The summed E-state index contributed by atoms with van der Waals surface area (Å²) < 4.78 is 0. The zero-order chi connectivity index (χ0) is 14.9. The Morgan fingerprint density at radius 3 is 2.40 bits per heavy atom. The van der Waals surface area contributed by atoms with Crippen molar-refractivity contribution in [1.29, 1.82) is 0 Å². The molecule has 2 rings (SSSR count). The van der Waals surface area contributed by atoms with Crippen molar-refractivity contribution >= 4 is 11.9 Å². The molecule has 114 valence electrons. The van der Waals surface area contributed by atoms with Crippen molar-refractivity contribution in [3.05, 3.63) is 0 Å². The molecule has 0 bridgehead atoms. The van der Waals surface area contributed by atoms with Gasteiger partial charge in [0.25, 0.3) is 0 Å². The number of carboxylic acid groups (broad SMARTS) is 1. The first kappa shape index (κ1) is 15.3. The Hall–Kier alpha value is -1.10. The van der Waals surface area contributed by atoms with Crippen molar-refractivity contribution < 1.29 is 14.7 Å². The summed E-state index contributed by atoms with van der Waals surface area (Å²) in [6.45, 7) is 7.53. The van der Waals surface area contributed by atoms with E-state index in [-0.39, 0.29) is 5.91 Å². The highest BCUT2D eigenvalue weighted by Gasteiger charge is 2.45. The molecule has 0 saturated carbocycles. The summed E-state index contributed by atoms with van der Waals surface area (Å²) in [5, 5.41) is 9.25. The first-order valence-electron chi connectivity index (χ1n) is 7.66. The molecular weight excluding hydrogens is 256 g/mol. The summed E-state index contributed by atoms with van der Waals surface area (Å²) in [6, 6.07) is -0.254. The molecule has 0 spiro atoms. The zero-order valence-electron chi connectivity index (χ0n) is 12.8. The molecule has 5 nitrogen and oxygen atoms in total. The SMILES string of the molecule is CC1CCCCN1C(C)(C)C(=O)N1CCCC1C(=O)O. The molecule has 0 aliphatic carbocycles. The smallest absolute Gasteiger partial charge is 0.326 e. The van der Waals surface area contributed by atoms with E-state index >= 15 is 0 Å². The predicted molar refractivity (Wildman–Crippen MR) is 76.5 cm³/mol. The standard InChI is InChI=1S/C15H26N2O3/c1-11-7-4-5-10-17(11)15(2,3)14(20)16-9-6-8-12(16)13(18)19/h11-12H,4-10H2,1-3H3,(H,18,19). The van der Waals surface area contributed by atoms with Crippen molar-refractivity contribution in [3.8, 4) is 0 Å². The molecule has 0 aromatic heterocycles. The maximum atomic E-state index is 12.8. The van der Waals surface area contributed by atoms with Gasteiger partial charge >= 0.3 is 5.97 Å². The van der Waals surface area contributed by atoms with Crippen LogP contribution < -0.4 is 0 Å². The summed E-state index contributed by atoms with van der Waals surface area (Å²) in [7, 11) is 0. The van der Waals surface area contributed by atoms with Crippen molar-refractivity contribution in [1.82, 2.24) is 9.80 Å². The zero-order valence-corrected chi connectivity index (χ0v) is 12.8. The molecule has 0 radical (unpaired) electrons. The maximum Gasteiger partial charge on any atom is 0.326 e. The second-order valence-electron chi connectivity index (χ2n) is 6.59. The largest absolute Gasteiger partial charge is 0.480 e. The van der Waals surface area contributed by atoms with Gasteiger partial charge in [0, 0.05) is 12.6 Å². The van der Waals surface area contributed by atoms with Crippen LogP contribution in [0.15, 0.2) is 0 Å². The third-order valence-electron chi connectivity index (χ3n) is 4.84. The Morgan fingerprint density at radius 1 is 1.10 bits per heavy atom. The minimum atomic E-state index is -0.877. The molecule has 2 aliphatic rings. The molecule has 2 unspecified atom stereocenters. The molecule has 0 aromatic carbocycles. The Morgan fingerprint density at radius 2 is 1.80 bits per heavy atom. The molecule has 2 heterocycles. The van der Waals surface area contributed by atoms with E-state index in [4.69, 9.17) is 0 Å². The Bertz CT molecular complexity index is 395. The average Bonchev–Trinajstić information content (AvgIpc) is 2.87. The Kier molecular flexibility index (Phi) is 4.37. The van der Waals surface area contributed by atoms with Crippen LogP contribution in [0.25, 0.3) is 0 Å². The third kappa shape index (κ3) is 2.68. The number of aliphatic carboxylic acids is 1. The number of amides is 1. The number of carboxylic acids is 1. The van der Waals surface area contributed by atoms with Crippen LogP contribution in [0.4, 0.5) is 0 Å². The summed E-state index contributed by atoms with van der Waals surface area (Å²) in [6.07, 6.45) is 4.80. The Balaban J connectivity index is 2.15. The van der Waals surface area contributed by atoms with E-state index in [9.17, 15) is 14.7 Å². The quantitative estimate of drug-likeness (QED) is 0.856. The van der Waals surface area contributed by atoms with E-state index < -0.39 is 17.6 Å². The Labute approximate surface area is 120 Å². The molecule has 20 heavy (non-hydrogen) atoms. The number of hydrogen-bond acceptors (Lipinski definition) is 3. The number of piperidine rings is 1. The fraction of sp³-hybridized carbons (Fsp3) is 0.867. The van der Waals surface area contributed by atoms with Crippen LogP contribution in [0, 0.1) is 0 Å². The number of carbonyl (C=O) groups is 2. The van der Waals surface area contributed by atoms with Gasteiger partial charge in [0.1, 0.15) is 6.04 Å². The van der Waals surface area contributed by atoms with E-state index in [1.807, 2.05) is 13.8 Å². The molecule has 2 fully saturated rings. The maximum absolute atomic E-state index is 12.8. The van der Waals surface area contributed by atoms with Crippen LogP contribution in [-0.4, -0.2) is 57.5 Å². The van der Waals surface area contributed by atoms with E-state index in [1.165, 1.54) is 6.42 Å². The number of rotatable bonds is 3. The normalized spacial score (nSPS) is 28.6. The highest BCUT2D eigenvalue weighted by Crippen LogP contribution is 2.30. The van der Waals surface area contributed by atoms with Crippen LogP contribution in [0.5, 0.6) is 0 Å². The van der Waals surface area contributed by atoms with Crippen molar-refractivity contribution in [2.45, 2.75) is 70.5 Å². The molecular formula is C15H26N2O3. The van der Waals surface area contributed by atoms with Crippen molar-refractivity contribution in [2.75, 3.05) is 13.1 Å². The number of likely N-dealkylation sites (tertiary alicyclic amines) is 2. The molecule has 2 saturated heterocycles. The second kappa shape index (κ2) is 5.72. The fourth-order valence-corrected chi connectivity index (χ4v) is 3.67. The molecule has 2 atom stereocenters. The van der Waals surface area contributed by atoms with Crippen LogP contribution in [0.2, 0.25) is 0 Å². The summed E-state index contributed by atoms with van der Waals surface area (Å²) >= 11 is 0. The van der Waals surface area contributed by atoms with Gasteiger partial charge in [-0.05, 0) is 53.0 Å². The topological polar surface area (TPSA) is 60.9 Å². The van der Waals surface area contributed by atoms with Gasteiger partial charge in [-0.3, -0.25) is 9.69 Å². The minimum Gasteiger partial charge on any atom is -0.480 e. The van der Waals surface area contributed by atoms with E-state index in [2.05, 4.69) is 11.8 Å². The van der Waals surface area contributed by atoms with Gasteiger partial charge in [-0.15, -0.1) is 0 Å². The molecule has 2 aliphatic heterocycles. The van der Waals surface area contributed by atoms with Crippen LogP contribution in [-0.2, 0) is 9.59 Å². The van der Waals surface area contributed by atoms with E-state index in [0.29, 0.717) is 19.0 Å². The van der Waals surface area contributed by atoms with Crippen molar-refractivity contribution in [3.63, 3.8) is 0 Å². The number of hydrogen-bond donors (Lipinski definition) is 1. The molecule has 5 heteroatoms. The first-order valence-corrected chi connectivity index (χ1v) is 7.66. The monoisotopic (exact) mass is 282 g/mol. The lowest BCUT2D eigenvalue weighted by atomic mass is 9.92. The van der Waals surface area contributed by atoms with Gasteiger partial charge in [-0.25, -0.2) is 4.79 Å². The second-order valence-corrected chi connectivity index (χ2v) is 6.59. The number of carbonyl (C=O) groups excluding carboxylic acids is 1. The lowest BCUT2D eigenvalue weighted by Crippen LogP contribution is -2.61.